The van der Waals surface area contributed by atoms with Gasteiger partial charge in [0.15, 0.2) is 0 Å². The zero-order valence-corrected chi connectivity index (χ0v) is 73.1. The Morgan fingerprint density at radius 3 is 0.290 bits per heavy atom. The number of halogens is 2. The van der Waals surface area contributed by atoms with Crippen LogP contribution in [-0.2, 0) is 94.7 Å². The molecule has 0 saturated carbocycles. The Labute approximate surface area is 656 Å². The second-order valence-corrected chi connectivity index (χ2v) is 38.9. The fourth-order valence-electron chi connectivity index (χ4n) is 15.3. The topological polar surface area (TPSA) is 73.8 Å². The van der Waals surface area contributed by atoms with Crippen molar-refractivity contribution >= 4 is 23.2 Å². The van der Waals surface area contributed by atoms with Gasteiger partial charge in [-0.25, -0.2) is 0 Å². The molecule has 10 heteroatoms. The van der Waals surface area contributed by atoms with Crippen molar-refractivity contribution in [1.29, 1.82) is 0 Å². The molecule has 0 spiro atoms. The van der Waals surface area contributed by atoms with Crippen LogP contribution in [-0.4, -0.2) is 62.2 Å². The summed E-state index contributed by atoms with van der Waals surface area (Å²) in [6, 6.07) is 37.6. The molecule has 8 aromatic carbocycles. The Morgan fingerprint density at radius 2 is 0.243 bits per heavy atom. The number of methoxy groups -OCH3 is 8. The van der Waals surface area contributed by atoms with Gasteiger partial charge in [-0.3, -0.25) is 0 Å². The summed E-state index contributed by atoms with van der Waals surface area (Å²) >= 11 is 9.53. The summed E-state index contributed by atoms with van der Waals surface area (Å²) in [5, 5.41) is 0.194. The number of hydrogen-bond donors (Lipinski definition) is 0. The van der Waals surface area contributed by atoms with Crippen LogP contribution in [0.5, 0.6) is 46.0 Å². The van der Waals surface area contributed by atoms with Crippen molar-refractivity contribution < 1.29 is 37.9 Å². The molecule has 0 amide bonds. The highest BCUT2D eigenvalue weighted by Crippen LogP contribution is 2.48. The Morgan fingerprint density at radius 1 is 0.178 bits per heavy atom. The van der Waals surface area contributed by atoms with E-state index in [-0.39, 0.29) is 48.7 Å². The first-order valence-corrected chi connectivity index (χ1v) is 39.4. The molecule has 8 nitrogen and oxygen atoms in total. The molecule has 0 radical (unpaired) electrons. The monoisotopic (exact) mass is 1490 g/mol. The normalized spacial score (nSPS) is 13.6. The third kappa shape index (κ3) is 19.7. The van der Waals surface area contributed by atoms with Crippen molar-refractivity contribution in [3.05, 3.63) is 231 Å². The van der Waals surface area contributed by atoms with Crippen LogP contribution in [0.4, 0.5) is 0 Å². The summed E-state index contributed by atoms with van der Waals surface area (Å²) in [6.45, 7) is 55.0. The van der Waals surface area contributed by atoms with Crippen molar-refractivity contribution in [3.8, 4) is 46.0 Å². The SMILES string of the molecule is COc1c2cc(C(C)(C)C)cc1Cc1cc(C(C)(C)C)cc(c1OC)Cc1cc(C(C)(C)C)cc(c1OC)Cc1cc(C(C)(C)C)cc(c1OC)C2.COc1c2cc(C(C)(C)C)cc1Cc1cc(C(C)(C)C)cc(c1OC)Cc1cc(C(C)(C)C)cc(c1OC)Cc1cc(C(C)(C)C)cc(c1OC)C2.ClCCl. The lowest BCUT2D eigenvalue weighted by molar-refractivity contribution is 0.394. The molecule has 0 aromatic heterocycles. The molecule has 0 atom stereocenters. The Kier molecular flexibility index (Phi) is 26.1. The van der Waals surface area contributed by atoms with Crippen molar-refractivity contribution in [2.45, 2.75) is 261 Å². The Hall–Kier alpha value is -7.26. The zero-order chi connectivity index (χ0) is 79.8. The van der Waals surface area contributed by atoms with E-state index in [1.54, 1.807) is 0 Å². The van der Waals surface area contributed by atoms with Gasteiger partial charge in [0.25, 0.3) is 0 Å². The summed E-state index contributed by atoms with van der Waals surface area (Å²) in [4.78, 5) is 0. The predicted molar refractivity (Wildman–Crippen MR) is 453 cm³/mol. The van der Waals surface area contributed by atoms with Gasteiger partial charge in [-0.2, -0.15) is 0 Å². The van der Waals surface area contributed by atoms with Gasteiger partial charge in [0.05, 0.1) is 62.2 Å². The smallest absolute Gasteiger partial charge is 0.125 e. The van der Waals surface area contributed by atoms with Gasteiger partial charge >= 0.3 is 0 Å². The molecule has 0 aliphatic heterocycles. The number of benzene rings is 8. The van der Waals surface area contributed by atoms with Crippen LogP contribution >= 0.6 is 23.2 Å². The molecule has 0 heterocycles. The lowest BCUT2D eigenvalue weighted by Crippen LogP contribution is -2.17. The van der Waals surface area contributed by atoms with Gasteiger partial charge in [0.2, 0.25) is 0 Å². The lowest BCUT2D eigenvalue weighted by atomic mass is 9.79. The van der Waals surface area contributed by atoms with E-state index in [1.807, 2.05) is 56.9 Å². The van der Waals surface area contributed by atoms with Crippen LogP contribution in [0, 0.1) is 0 Å². The predicted octanol–water partition coefficient (Wildman–Crippen LogP) is 24.6. The van der Waals surface area contributed by atoms with Gasteiger partial charge in [-0.05, 0) is 177 Å². The highest BCUT2D eigenvalue weighted by molar-refractivity contribution is 6.40. The van der Waals surface area contributed by atoms with E-state index in [0.717, 1.165) is 135 Å². The molecule has 580 valence electrons. The molecule has 0 unspecified atom stereocenters. The largest absolute Gasteiger partial charge is 0.496 e. The summed E-state index contributed by atoms with van der Waals surface area (Å²) in [6.07, 6.45) is 5.40. The molecule has 0 N–H and O–H groups in total. The van der Waals surface area contributed by atoms with E-state index in [4.69, 9.17) is 61.1 Å². The minimum atomic E-state index is -0.0638. The first kappa shape index (κ1) is 85.3. The Balaban J connectivity index is 0.000000260. The number of hydrogen-bond acceptors (Lipinski definition) is 8. The van der Waals surface area contributed by atoms with E-state index in [2.05, 4.69) is 263 Å². The fourth-order valence-corrected chi connectivity index (χ4v) is 15.3. The van der Waals surface area contributed by atoms with Crippen molar-refractivity contribution in [2.75, 3.05) is 62.2 Å². The first-order valence-electron chi connectivity index (χ1n) is 38.3. The van der Waals surface area contributed by atoms with Crippen molar-refractivity contribution in [2.24, 2.45) is 0 Å². The van der Waals surface area contributed by atoms with Crippen LogP contribution in [0.3, 0.4) is 0 Å². The maximum atomic E-state index is 6.39. The second kappa shape index (κ2) is 32.7. The lowest BCUT2D eigenvalue weighted by Gasteiger charge is -2.28. The van der Waals surface area contributed by atoms with Gasteiger partial charge in [0, 0.05) is 51.4 Å². The number of ether oxygens (including phenoxy) is 8. The third-order valence-corrected chi connectivity index (χ3v) is 21.6. The zero-order valence-electron chi connectivity index (χ0n) is 71.6. The van der Waals surface area contributed by atoms with E-state index in [0.29, 0.717) is 51.4 Å². The van der Waals surface area contributed by atoms with E-state index < -0.39 is 0 Å². The van der Waals surface area contributed by atoms with E-state index in [9.17, 15) is 0 Å². The summed E-state index contributed by atoms with van der Waals surface area (Å²) in [5.41, 5.74) is 28.3. The van der Waals surface area contributed by atoms with Crippen molar-refractivity contribution in [1.82, 2.24) is 0 Å². The van der Waals surface area contributed by atoms with E-state index >= 15 is 0 Å². The summed E-state index contributed by atoms with van der Waals surface area (Å²) < 4.78 is 51.1. The number of alkyl halides is 2. The van der Waals surface area contributed by atoms with E-state index in [1.165, 1.54) is 44.5 Å². The quantitative estimate of drug-likeness (QED) is 0.139. The minimum absolute atomic E-state index is 0.0638. The van der Waals surface area contributed by atoms with Crippen LogP contribution in [0.2, 0.25) is 0 Å². The molecule has 107 heavy (non-hydrogen) atoms. The maximum absolute atomic E-state index is 6.39. The summed E-state index contributed by atoms with van der Waals surface area (Å²) in [7, 11) is 14.5. The highest BCUT2D eigenvalue weighted by atomic mass is 35.5. The Bertz CT molecular complexity index is 3460. The van der Waals surface area contributed by atoms with Crippen LogP contribution in [0.1, 0.15) is 300 Å². The van der Waals surface area contributed by atoms with Crippen LogP contribution in [0.15, 0.2) is 97.1 Å². The molecule has 16 bridgehead atoms. The molecular formula is C97H130Cl2O8. The summed E-state index contributed by atoms with van der Waals surface area (Å²) in [5.74, 6) is 7.42. The molecule has 0 fully saturated rings. The van der Waals surface area contributed by atoms with Gasteiger partial charge < -0.3 is 37.9 Å². The molecule has 8 aromatic rings. The second-order valence-electron chi connectivity index (χ2n) is 38.1. The van der Waals surface area contributed by atoms with Crippen molar-refractivity contribution in [3.63, 3.8) is 0 Å². The third-order valence-electron chi connectivity index (χ3n) is 21.6. The molecule has 2 aliphatic rings. The molecule has 2 aliphatic carbocycles. The first-order chi connectivity index (χ1) is 49.6. The molecular weight excluding hydrogens is 1360 g/mol. The van der Waals surface area contributed by atoms with Gasteiger partial charge in [-0.15, -0.1) is 23.2 Å². The van der Waals surface area contributed by atoms with Crippen LogP contribution in [0.25, 0.3) is 0 Å². The minimum Gasteiger partial charge on any atom is -0.496 e. The van der Waals surface area contributed by atoms with Gasteiger partial charge in [-0.1, -0.05) is 263 Å². The molecule has 0 saturated heterocycles. The highest BCUT2D eigenvalue weighted by Gasteiger charge is 2.33. The van der Waals surface area contributed by atoms with Crippen LogP contribution < -0.4 is 37.9 Å². The number of rotatable bonds is 8. The van der Waals surface area contributed by atoms with Gasteiger partial charge in [0.1, 0.15) is 46.0 Å². The fraction of sp³-hybridized carbons (Fsp3) is 0.505. The standard InChI is InChI=1S/2C48H64O4.CH2Cl2/c2*1-45(2,3)37-21-29-17-31-23-38(46(4,5)6)25-33(42(31)50-14)19-35-27-40(48(10,11)12)28-36(44(35)52-16)20-34-26-39(47(7,8)9)24-32(43(34)51-15)18-30(22-37)41(29)49-13;2-1-3/h2*21-28H,17-20H2,1-16H3;1H2. The average molecular weight is 1500 g/mol. The molecule has 10 rings (SSSR count). The number of fused-ring (bicyclic) bond motifs is 16. The maximum Gasteiger partial charge on any atom is 0.125 e. The average Bonchev–Trinajstić information content (AvgIpc) is 0.765.